The van der Waals surface area contributed by atoms with Gasteiger partial charge in [0.25, 0.3) is 0 Å². The van der Waals surface area contributed by atoms with Crippen LogP contribution in [0.3, 0.4) is 0 Å². The van der Waals surface area contributed by atoms with Gasteiger partial charge >= 0.3 is 0 Å². The molecule has 0 spiro atoms. The molecule has 28 heavy (non-hydrogen) atoms. The molecule has 8 heteroatoms. The summed E-state index contributed by atoms with van der Waals surface area (Å²) in [5.74, 6) is 1.63. The lowest BCUT2D eigenvalue weighted by molar-refractivity contribution is -0.139. The van der Waals surface area contributed by atoms with Gasteiger partial charge in [0.1, 0.15) is 0 Å². The lowest BCUT2D eigenvalue weighted by Gasteiger charge is -2.38. The highest BCUT2D eigenvalue weighted by Gasteiger charge is 2.41. The van der Waals surface area contributed by atoms with Crippen molar-refractivity contribution in [3.8, 4) is 0 Å². The summed E-state index contributed by atoms with van der Waals surface area (Å²) in [5, 5.41) is 6.94. The first-order valence-corrected chi connectivity index (χ1v) is 10.9. The molecular formula is C20H36IN5O2. The highest BCUT2D eigenvalue weighted by Crippen LogP contribution is 2.34. The summed E-state index contributed by atoms with van der Waals surface area (Å²) in [4.78, 5) is 21.6. The Morgan fingerprint density at radius 2 is 1.93 bits per heavy atom. The van der Waals surface area contributed by atoms with E-state index in [9.17, 15) is 4.79 Å². The van der Waals surface area contributed by atoms with Crippen LogP contribution in [0.4, 0.5) is 0 Å². The number of amides is 1. The molecule has 0 aromatic heterocycles. The van der Waals surface area contributed by atoms with Gasteiger partial charge in [-0.3, -0.25) is 14.7 Å². The number of nitrogens with zero attached hydrogens (tertiary/aromatic N) is 3. The van der Waals surface area contributed by atoms with Crippen LogP contribution < -0.4 is 10.6 Å². The zero-order chi connectivity index (χ0) is 18.6. The fourth-order valence-electron chi connectivity index (χ4n) is 4.69. The topological polar surface area (TPSA) is 69.2 Å². The third-order valence-electron chi connectivity index (χ3n) is 6.60. The average Bonchev–Trinajstić information content (AvgIpc) is 3.24. The lowest BCUT2D eigenvalue weighted by atomic mass is 9.84. The normalized spacial score (nSPS) is 30.7. The molecule has 1 aliphatic carbocycles. The van der Waals surface area contributed by atoms with Gasteiger partial charge in [-0.25, -0.2) is 0 Å². The molecule has 3 aliphatic heterocycles. The van der Waals surface area contributed by atoms with Crippen LogP contribution in [-0.2, 0) is 9.53 Å². The maximum atomic E-state index is 12.3. The van der Waals surface area contributed by atoms with Crippen LogP contribution in [0.5, 0.6) is 0 Å². The number of fused-ring (bicyclic) bond motifs is 2. The Hall–Kier alpha value is -0.610. The molecule has 4 fully saturated rings. The highest BCUT2D eigenvalue weighted by atomic mass is 127. The highest BCUT2D eigenvalue weighted by molar-refractivity contribution is 14.0. The van der Waals surface area contributed by atoms with Crippen molar-refractivity contribution in [2.24, 2.45) is 10.9 Å². The minimum atomic E-state index is 0. The summed E-state index contributed by atoms with van der Waals surface area (Å²) >= 11 is 0. The van der Waals surface area contributed by atoms with Crippen LogP contribution >= 0.6 is 24.0 Å². The molecule has 3 heterocycles. The second-order valence-electron chi connectivity index (χ2n) is 8.42. The number of hydrogen-bond acceptors (Lipinski definition) is 4. The third kappa shape index (κ3) is 5.30. The second kappa shape index (κ2) is 10.4. The van der Waals surface area contributed by atoms with Gasteiger partial charge in [0.15, 0.2) is 5.96 Å². The van der Waals surface area contributed by atoms with Gasteiger partial charge < -0.3 is 20.3 Å². The lowest BCUT2D eigenvalue weighted by Crippen LogP contribution is -2.51. The minimum absolute atomic E-state index is 0. The van der Waals surface area contributed by atoms with Crippen molar-refractivity contribution in [2.45, 2.75) is 63.7 Å². The first kappa shape index (κ1) is 22.1. The van der Waals surface area contributed by atoms with Crippen LogP contribution in [0.15, 0.2) is 4.99 Å². The predicted octanol–water partition coefficient (Wildman–Crippen LogP) is 1.42. The molecule has 7 nitrogen and oxygen atoms in total. The molecule has 4 aliphatic rings. The third-order valence-corrected chi connectivity index (χ3v) is 6.60. The molecule has 0 aromatic carbocycles. The second-order valence-corrected chi connectivity index (χ2v) is 8.42. The van der Waals surface area contributed by atoms with Crippen molar-refractivity contribution < 1.29 is 9.53 Å². The van der Waals surface area contributed by atoms with Gasteiger partial charge in [-0.1, -0.05) is 6.42 Å². The van der Waals surface area contributed by atoms with Crippen molar-refractivity contribution in [3.63, 3.8) is 0 Å². The average molecular weight is 505 g/mol. The summed E-state index contributed by atoms with van der Waals surface area (Å²) in [6.07, 6.45) is 7.73. The van der Waals surface area contributed by atoms with E-state index in [-0.39, 0.29) is 24.0 Å². The van der Waals surface area contributed by atoms with Crippen molar-refractivity contribution in [2.75, 3.05) is 45.8 Å². The van der Waals surface area contributed by atoms with Crippen LogP contribution in [0.1, 0.15) is 45.4 Å². The van der Waals surface area contributed by atoms with Crippen LogP contribution in [0.25, 0.3) is 0 Å². The van der Waals surface area contributed by atoms with Gasteiger partial charge in [0.05, 0.1) is 24.8 Å². The predicted molar refractivity (Wildman–Crippen MR) is 121 cm³/mol. The molecule has 1 saturated carbocycles. The van der Waals surface area contributed by atoms with E-state index in [1.807, 2.05) is 0 Å². The maximum Gasteiger partial charge on any atom is 0.225 e. The number of aliphatic imine (C=N–C) groups is 1. The van der Waals surface area contributed by atoms with Gasteiger partial charge in [-0.15, -0.1) is 24.0 Å². The summed E-state index contributed by atoms with van der Waals surface area (Å²) in [6.45, 7) is 8.40. The Bertz CT molecular complexity index is 549. The van der Waals surface area contributed by atoms with E-state index in [0.29, 0.717) is 30.1 Å². The largest absolute Gasteiger partial charge is 0.373 e. The molecule has 1 amide bonds. The maximum absolute atomic E-state index is 12.3. The Morgan fingerprint density at radius 1 is 1.14 bits per heavy atom. The monoisotopic (exact) mass is 505 g/mol. The van der Waals surface area contributed by atoms with E-state index < -0.39 is 0 Å². The quantitative estimate of drug-likeness (QED) is 0.325. The number of piperazine rings is 1. The summed E-state index contributed by atoms with van der Waals surface area (Å²) in [7, 11) is 0. The number of halogens is 1. The van der Waals surface area contributed by atoms with Gasteiger partial charge in [0.2, 0.25) is 5.91 Å². The van der Waals surface area contributed by atoms with E-state index >= 15 is 0 Å². The summed E-state index contributed by atoms with van der Waals surface area (Å²) < 4.78 is 5.94. The Labute approximate surface area is 186 Å². The zero-order valence-corrected chi connectivity index (χ0v) is 19.4. The summed E-state index contributed by atoms with van der Waals surface area (Å²) in [5.41, 5.74) is 0. The fraction of sp³-hybridized carbons (Fsp3) is 0.900. The van der Waals surface area contributed by atoms with Crippen LogP contribution in [-0.4, -0.2) is 85.7 Å². The van der Waals surface area contributed by atoms with Crippen LogP contribution in [0, 0.1) is 5.92 Å². The Kier molecular flexibility index (Phi) is 8.22. The Morgan fingerprint density at radius 3 is 2.50 bits per heavy atom. The number of rotatable bonds is 6. The molecule has 3 unspecified atom stereocenters. The molecule has 0 radical (unpaired) electrons. The number of carbonyl (C=O) groups is 1. The number of nitrogens with one attached hydrogen (secondary N) is 2. The zero-order valence-electron chi connectivity index (χ0n) is 17.1. The minimum Gasteiger partial charge on any atom is -0.373 e. The van der Waals surface area contributed by atoms with E-state index in [1.54, 1.807) is 0 Å². The Balaban J connectivity index is 0.00000225. The van der Waals surface area contributed by atoms with Crippen molar-refractivity contribution in [1.82, 2.24) is 20.4 Å². The first-order chi connectivity index (χ1) is 13.2. The fourth-order valence-corrected chi connectivity index (χ4v) is 4.69. The molecule has 3 atom stereocenters. The molecule has 4 rings (SSSR count). The molecule has 2 N–H and O–H groups in total. The SMILES string of the molecule is CCNC(=NCCN1CCN(C(=O)C2CCC2)CC1)NC1CC2CCC1O2.I. The van der Waals surface area contributed by atoms with Crippen molar-refractivity contribution in [3.05, 3.63) is 0 Å². The number of guanidine groups is 1. The van der Waals surface area contributed by atoms with E-state index in [0.717, 1.165) is 71.0 Å². The number of carbonyl (C=O) groups excluding carboxylic acids is 1. The van der Waals surface area contributed by atoms with E-state index in [1.165, 1.54) is 19.3 Å². The van der Waals surface area contributed by atoms with Crippen molar-refractivity contribution >= 4 is 35.8 Å². The van der Waals surface area contributed by atoms with Gasteiger partial charge in [-0.2, -0.15) is 0 Å². The standard InChI is InChI=1S/C20H35N5O2.HI/c1-2-21-20(23-17-14-16-6-7-18(17)27-16)22-8-9-24-10-12-25(13-11-24)19(26)15-4-3-5-15;/h15-18H,2-14H2,1H3,(H2,21,22,23);1H. The molecule has 3 saturated heterocycles. The molecule has 2 bridgehead atoms. The molecule has 160 valence electrons. The smallest absolute Gasteiger partial charge is 0.225 e. The molecular weight excluding hydrogens is 469 g/mol. The van der Waals surface area contributed by atoms with Gasteiger partial charge in [0, 0.05) is 45.2 Å². The van der Waals surface area contributed by atoms with Crippen molar-refractivity contribution in [1.29, 1.82) is 0 Å². The summed E-state index contributed by atoms with van der Waals surface area (Å²) in [6, 6.07) is 0.405. The van der Waals surface area contributed by atoms with Gasteiger partial charge in [-0.05, 0) is 39.0 Å². The van der Waals surface area contributed by atoms with Crippen LogP contribution in [0.2, 0.25) is 0 Å². The number of ether oxygens (including phenoxy) is 1. The number of hydrogen-bond donors (Lipinski definition) is 2. The molecule has 0 aromatic rings. The first-order valence-electron chi connectivity index (χ1n) is 10.9. The van der Waals surface area contributed by atoms with E-state index in [2.05, 4.69) is 27.4 Å². The van der Waals surface area contributed by atoms with E-state index in [4.69, 9.17) is 9.73 Å².